The summed E-state index contributed by atoms with van der Waals surface area (Å²) in [5, 5.41) is 0. The van der Waals surface area contributed by atoms with Gasteiger partial charge in [-0.05, 0) is 37.1 Å². The molecule has 0 fully saturated rings. The maximum absolute atomic E-state index is 13.5. The SMILES string of the molecule is CCCCOc1ccc(F)cc1O[B]Oc1cc(F)ccc1OCCCC. The monoisotopic (exact) mass is 377 g/mol. The van der Waals surface area contributed by atoms with Crippen LogP contribution in [0.25, 0.3) is 0 Å². The quantitative estimate of drug-likeness (QED) is 0.371. The molecule has 0 unspecified atom stereocenters. The fraction of sp³-hybridized carbons (Fsp3) is 0.400. The van der Waals surface area contributed by atoms with Gasteiger partial charge in [0.1, 0.15) is 23.1 Å². The summed E-state index contributed by atoms with van der Waals surface area (Å²) < 4.78 is 49.0. The average Bonchev–Trinajstić information content (AvgIpc) is 2.65. The fourth-order valence-corrected chi connectivity index (χ4v) is 2.17. The molecule has 0 saturated carbocycles. The zero-order valence-electron chi connectivity index (χ0n) is 15.7. The van der Waals surface area contributed by atoms with Crippen LogP contribution in [0.5, 0.6) is 23.0 Å². The highest BCUT2D eigenvalue weighted by Crippen LogP contribution is 2.30. The Labute approximate surface area is 159 Å². The Bertz CT molecular complexity index is 653. The Hall–Kier alpha value is -2.44. The van der Waals surface area contributed by atoms with Crippen molar-refractivity contribution in [2.45, 2.75) is 39.5 Å². The molecule has 27 heavy (non-hydrogen) atoms. The molecule has 0 saturated heterocycles. The molecule has 1 radical (unpaired) electrons. The molecule has 0 spiro atoms. The Balaban J connectivity index is 1.99. The lowest BCUT2D eigenvalue weighted by molar-refractivity contribution is 0.291. The largest absolute Gasteiger partial charge is 0.658 e. The van der Waals surface area contributed by atoms with Crippen molar-refractivity contribution in [1.82, 2.24) is 0 Å². The molecule has 2 aromatic carbocycles. The minimum atomic E-state index is -0.462. The zero-order chi connectivity index (χ0) is 19.5. The van der Waals surface area contributed by atoms with Gasteiger partial charge in [-0.1, -0.05) is 26.7 Å². The Morgan fingerprint density at radius 1 is 0.704 bits per heavy atom. The lowest BCUT2D eigenvalue weighted by atomic mass is 10.2. The van der Waals surface area contributed by atoms with Gasteiger partial charge in [0.2, 0.25) is 0 Å². The van der Waals surface area contributed by atoms with Crippen LogP contribution in [0.4, 0.5) is 8.78 Å². The van der Waals surface area contributed by atoms with Gasteiger partial charge in [0.15, 0.2) is 11.5 Å². The summed E-state index contributed by atoms with van der Waals surface area (Å²) in [4.78, 5) is 0. The molecule has 7 heteroatoms. The highest BCUT2D eigenvalue weighted by molar-refractivity contribution is 6.21. The first kappa shape index (κ1) is 20.9. The number of hydrogen-bond donors (Lipinski definition) is 0. The van der Waals surface area contributed by atoms with Crippen molar-refractivity contribution in [3.05, 3.63) is 48.0 Å². The molecule has 0 aliphatic carbocycles. The third-order valence-corrected chi connectivity index (χ3v) is 3.67. The standard InChI is InChI=1S/C20H24BF2O4/c1-3-5-11-24-17-9-7-15(22)13-19(17)26-21-27-20-14-16(23)8-10-18(20)25-12-6-4-2/h7-10,13-14H,3-6,11-12H2,1-2H3. The molecule has 0 N–H and O–H groups in total. The van der Waals surface area contributed by atoms with Crippen LogP contribution < -0.4 is 18.8 Å². The topological polar surface area (TPSA) is 36.9 Å². The summed E-state index contributed by atoms with van der Waals surface area (Å²) in [5.74, 6) is 0.241. The van der Waals surface area contributed by atoms with Crippen molar-refractivity contribution < 1.29 is 27.6 Å². The summed E-state index contributed by atoms with van der Waals surface area (Å²) in [7, 11) is 1.00. The summed E-state index contributed by atoms with van der Waals surface area (Å²) in [6, 6.07) is 7.98. The van der Waals surface area contributed by atoms with Crippen LogP contribution >= 0.6 is 0 Å². The van der Waals surface area contributed by atoms with Gasteiger partial charge in [0, 0.05) is 12.1 Å². The minimum absolute atomic E-state index is 0.177. The van der Waals surface area contributed by atoms with Crippen LogP contribution in [0.15, 0.2) is 36.4 Å². The van der Waals surface area contributed by atoms with E-state index >= 15 is 0 Å². The molecule has 0 amide bonds. The van der Waals surface area contributed by atoms with Crippen LogP contribution in [-0.4, -0.2) is 20.9 Å². The van der Waals surface area contributed by atoms with Crippen LogP contribution in [-0.2, 0) is 0 Å². The lowest BCUT2D eigenvalue weighted by Gasteiger charge is -2.14. The van der Waals surface area contributed by atoms with Crippen LogP contribution in [0, 0.1) is 11.6 Å². The van der Waals surface area contributed by atoms with Crippen LogP contribution in [0.1, 0.15) is 39.5 Å². The van der Waals surface area contributed by atoms with E-state index in [4.69, 9.17) is 18.8 Å². The highest BCUT2D eigenvalue weighted by atomic mass is 19.1. The van der Waals surface area contributed by atoms with E-state index in [0.29, 0.717) is 24.7 Å². The van der Waals surface area contributed by atoms with Gasteiger partial charge in [0.25, 0.3) is 0 Å². The van der Waals surface area contributed by atoms with E-state index in [0.717, 1.165) is 33.4 Å². The summed E-state index contributed by atoms with van der Waals surface area (Å²) in [6.45, 7) is 5.09. The molecule has 145 valence electrons. The van der Waals surface area contributed by atoms with Crippen molar-refractivity contribution in [1.29, 1.82) is 0 Å². The predicted molar refractivity (Wildman–Crippen MR) is 101 cm³/mol. The third-order valence-electron chi connectivity index (χ3n) is 3.67. The van der Waals surface area contributed by atoms with Gasteiger partial charge in [-0.3, -0.25) is 0 Å². The van der Waals surface area contributed by atoms with E-state index in [1.807, 2.05) is 13.8 Å². The van der Waals surface area contributed by atoms with Gasteiger partial charge >= 0.3 is 7.69 Å². The number of rotatable bonds is 12. The van der Waals surface area contributed by atoms with E-state index in [2.05, 4.69) is 0 Å². The minimum Gasteiger partial charge on any atom is -0.524 e. The lowest BCUT2D eigenvalue weighted by Crippen LogP contribution is -2.13. The number of unbranched alkanes of at least 4 members (excludes halogenated alkanes) is 2. The van der Waals surface area contributed by atoms with Crippen molar-refractivity contribution in [2.24, 2.45) is 0 Å². The summed E-state index contributed by atoms with van der Waals surface area (Å²) >= 11 is 0. The van der Waals surface area contributed by atoms with Crippen molar-refractivity contribution >= 4 is 7.69 Å². The number of hydrogen-bond acceptors (Lipinski definition) is 4. The molecule has 0 aliphatic rings. The zero-order valence-corrected chi connectivity index (χ0v) is 15.7. The van der Waals surface area contributed by atoms with Crippen molar-refractivity contribution in [3.63, 3.8) is 0 Å². The Morgan fingerprint density at radius 3 is 1.56 bits per heavy atom. The molecular formula is C20H24BF2O4. The first-order valence-corrected chi connectivity index (χ1v) is 9.13. The normalized spacial score (nSPS) is 10.4. The molecular weight excluding hydrogens is 353 g/mol. The molecule has 0 bridgehead atoms. The van der Waals surface area contributed by atoms with E-state index in [1.54, 1.807) is 0 Å². The second-order valence-electron chi connectivity index (χ2n) is 5.92. The summed E-state index contributed by atoms with van der Waals surface area (Å²) in [6.07, 6.45) is 3.71. The van der Waals surface area contributed by atoms with Gasteiger partial charge < -0.3 is 18.8 Å². The van der Waals surface area contributed by atoms with Crippen molar-refractivity contribution in [2.75, 3.05) is 13.2 Å². The van der Waals surface area contributed by atoms with E-state index in [-0.39, 0.29) is 11.5 Å². The van der Waals surface area contributed by atoms with Crippen LogP contribution in [0.2, 0.25) is 0 Å². The second-order valence-corrected chi connectivity index (χ2v) is 5.92. The van der Waals surface area contributed by atoms with E-state index in [9.17, 15) is 8.78 Å². The molecule has 0 aliphatic heterocycles. The predicted octanol–water partition coefficient (Wildman–Crippen LogP) is 5.31. The van der Waals surface area contributed by atoms with E-state index in [1.165, 1.54) is 36.4 Å². The molecule has 0 heterocycles. The maximum atomic E-state index is 13.5. The van der Waals surface area contributed by atoms with Gasteiger partial charge in [-0.15, -0.1) is 0 Å². The van der Waals surface area contributed by atoms with Gasteiger partial charge in [-0.25, -0.2) is 8.78 Å². The number of benzene rings is 2. The average molecular weight is 377 g/mol. The molecule has 2 rings (SSSR count). The molecule has 0 aromatic heterocycles. The Kier molecular flexibility index (Phi) is 8.75. The van der Waals surface area contributed by atoms with Crippen LogP contribution in [0.3, 0.4) is 0 Å². The maximum Gasteiger partial charge on any atom is 0.658 e. The number of ether oxygens (including phenoxy) is 2. The van der Waals surface area contributed by atoms with E-state index < -0.39 is 11.6 Å². The Morgan fingerprint density at radius 2 is 1.15 bits per heavy atom. The molecule has 0 atom stereocenters. The molecule has 2 aromatic rings. The first-order valence-electron chi connectivity index (χ1n) is 9.13. The van der Waals surface area contributed by atoms with Gasteiger partial charge in [-0.2, -0.15) is 0 Å². The summed E-state index contributed by atoms with van der Waals surface area (Å²) in [5.41, 5.74) is 0. The van der Waals surface area contributed by atoms with Crippen molar-refractivity contribution in [3.8, 4) is 23.0 Å². The highest BCUT2D eigenvalue weighted by Gasteiger charge is 2.13. The fourth-order valence-electron chi connectivity index (χ4n) is 2.17. The third kappa shape index (κ3) is 7.00. The molecule has 4 nitrogen and oxygen atoms in total. The second kappa shape index (κ2) is 11.3. The van der Waals surface area contributed by atoms with Gasteiger partial charge in [0.05, 0.1) is 13.2 Å². The number of halogens is 2. The first-order chi connectivity index (χ1) is 13.1. The smallest absolute Gasteiger partial charge is 0.524 e.